The Morgan fingerprint density at radius 1 is 1.13 bits per heavy atom. The van der Waals surface area contributed by atoms with Gasteiger partial charge in [-0.05, 0) is 18.9 Å². The first-order valence-electron chi connectivity index (χ1n) is 9.33. The second-order valence-electron chi connectivity index (χ2n) is 7.04. The van der Waals surface area contributed by atoms with Gasteiger partial charge in [-0.2, -0.15) is 13.2 Å². The van der Waals surface area contributed by atoms with E-state index in [1.807, 2.05) is 0 Å². The lowest BCUT2D eigenvalue weighted by atomic mass is 9.97. The number of imidazole rings is 1. The smallest absolute Gasteiger partial charge is 0.356 e. The van der Waals surface area contributed by atoms with Gasteiger partial charge in [-0.3, -0.25) is 4.40 Å². The summed E-state index contributed by atoms with van der Waals surface area (Å²) in [7, 11) is 0. The Bertz CT molecular complexity index is 1170. The van der Waals surface area contributed by atoms with Gasteiger partial charge >= 0.3 is 6.18 Å². The van der Waals surface area contributed by atoms with Gasteiger partial charge in [-0.25, -0.2) is 19.9 Å². The molecule has 1 aliphatic heterocycles. The van der Waals surface area contributed by atoms with Gasteiger partial charge in [0.05, 0.1) is 12.4 Å². The maximum Gasteiger partial charge on any atom is 0.434 e. The lowest BCUT2D eigenvalue weighted by Crippen LogP contribution is -2.35. The van der Waals surface area contributed by atoms with Crippen molar-refractivity contribution in [2.75, 3.05) is 18.0 Å². The Morgan fingerprint density at radius 3 is 2.83 bits per heavy atom. The molecule has 0 aromatic carbocycles. The van der Waals surface area contributed by atoms with Gasteiger partial charge in [0.1, 0.15) is 23.7 Å². The van der Waals surface area contributed by atoms with Crippen LogP contribution in [0.25, 0.3) is 17.2 Å². The monoisotopic (exact) mass is 415 g/mol. The number of hydrogen-bond acceptors (Lipinski definition) is 7. The Hall–Kier alpha value is -3.57. The number of halogens is 3. The van der Waals surface area contributed by atoms with Gasteiger partial charge in [0, 0.05) is 31.4 Å². The second-order valence-corrected chi connectivity index (χ2v) is 7.04. The molecule has 1 atom stereocenters. The van der Waals surface area contributed by atoms with Gasteiger partial charge < -0.3 is 9.88 Å². The molecule has 154 valence electrons. The number of nitrogens with one attached hydrogen (secondary N) is 1. The fourth-order valence-electron chi connectivity index (χ4n) is 3.67. The van der Waals surface area contributed by atoms with Crippen molar-refractivity contribution in [3.63, 3.8) is 0 Å². The topological polar surface area (TPSA) is 101 Å². The third-order valence-corrected chi connectivity index (χ3v) is 5.12. The minimum absolute atomic E-state index is 0.205. The number of piperidine rings is 1. The minimum atomic E-state index is -4.55. The average molecular weight is 415 g/mol. The van der Waals surface area contributed by atoms with Crippen molar-refractivity contribution in [3.8, 4) is 11.5 Å². The van der Waals surface area contributed by atoms with Gasteiger partial charge in [-0.1, -0.05) is 0 Å². The largest absolute Gasteiger partial charge is 0.434 e. The van der Waals surface area contributed by atoms with Crippen LogP contribution in [0, 0.1) is 0 Å². The van der Waals surface area contributed by atoms with E-state index in [4.69, 9.17) is 0 Å². The highest BCUT2D eigenvalue weighted by atomic mass is 19.4. The molecular formula is C18H16F3N9. The standard InChI is InChI=1S/C18H16F3N9/c19-18(20,21)13-9-30-12(6-24-15(30)7-23-13)17-22-4-3-14(27-17)29-5-1-2-11(8-29)16-25-10-26-28-16/h3-4,6-7,9-11H,1-2,5,8H2,(H,25,26,28). The first-order chi connectivity index (χ1) is 14.5. The maximum atomic E-state index is 13.1. The molecule has 30 heavy (non-hydrogen) atoms. The van der Waals surface area contributed by atoms with Crippen molar-refractivity contribution < 1.29 is 13.2 Å². The van der Waals surface area contributed by atoms with Crippen LogP contribution in [-0.4, -0.2) is 52.6 Å². The molecule has 5 rings (SSSR count). The number of hydrogen-bond donors (Lipinski definition) is 1. The molecule has 4 aromatic rings. The van der Waals surface area contributed by atoms with Gasteiger partial charge in [-0.15, -0.1) is 10.2 Å². The van der Waals surface area contributed by atoms with Crippen LogP contribution in [-0.2, 0) is 6.18 Å². The average Bonchev–Trinajstić information content (AvgIpc) is 3.43. The molecule has 1 fully saturated rings. The van der Waals surface area contributed by atoms with Crippen LogP contribution >= 0.6 is 0 Å². The summed E-state index contributed by atoms with van der Waals surface area (Å²) in [6.07, 6.45) is 4.00. The number of H-pyrrole nitrogens is 1. The molecule has 1 saturated heterocycles. The zero-order chi connectivity index (χ0) is 20.7. The number of alkyl halides is 3. The van der Waals surface area contributed by atoms with E-state index in [0.717, 1.165) is 37.6 Å². The number of fused-ring (bicyclic) bond motifs is 1. The van der Waals surface area contributed by atoms with Crippen molar-refractivity contribution in [2.24, 2.45) is 0 Å². The van der Waals surface area contributed by atoms with Crippen molar-refractivity contribution in [1.29, 1.82) is 0 Å². The van der Waals surface area contributed by atoms with Crippen LogP contribution in [0.3, 0.4) is 0 Å². The van der Waals surface area contributed by atoms with Crippen LogP contribution in [0.2, 0.25) is 0 Å². The van der Waals surface area contributed by atoms with Crippen LogP contribution in [0.1, 0.15) is 30.3 Å². The van der Waals surface area contributed by atoms with Crippen molar-refractivity contribution in [2.45, 2.75) is 24.9 Å². The van der Waals surface area contributed by atoms with E-state index < -0.39 is 11.9 Å². The number of rotatable bonds is 3. The van der Waals surface area contributed by atoms with E-state index in [9.17, 15) is 13.2 Å². The highest BCUT2D eigenvalue weighted by Gasteiger charge is 2.33. The highest BCUT2D eigenvalue weighted by molar-refractivity contribution is 5.58. The summed E-state index contributed by atoms with van der Waals surface area (Å²) in [5, 5.41) is 7.97. The normalized spacial score (nSPS) is 17.6. The van der Waals surface area contributed by atoms with Gasteiger partial charge in [0.2, 0.25) is 0 Å². The van der Waals surface area contributed by atoms with Gasteiger partial charge in [0.25, 0.3) is 0 Å². The molecule has 0 spiro atoms. The fraction of sp³-hybridized carbons (Fsp3) is 0.333. The van der Waals surface area contributed by atoms with E-state index in [1.165, 1.54) is 10.6 Å². The Morgan fingerprint density at radius 2 is 2.03 bits per heavy atom. The summed E-state index contributed by atoms with van der Waals surface area (Å²) in [5.74, 6) is 2.03. The molecule has 1 unspecified atom stereocenters. The summed E-state index contributed by atoms with van der Waals surface area (Å²) >= 11 is 0. The summed E-state index contributed by atoms with van der Waals surface area (Å²) in [6, 6.07) is 1.79. The van der Waals surface area contributed by atoms with E-state index in [2.05, 4.69) is 40.0 Å². The number of aromatic amines is 1. The molecule has 5 heterocycles. The summed E-state index contributed by atoms with van der Waals surface area (Å²) in [4.78, 5) is 21.6. The Kier molecular flexibility index (Phi) is 4.33. The van der Waals surface area contributed by atoms with E-state index in [1.54, 1.807) is 18.6 Å². The maximum absolute atomic E-state index is 13.1. The number of aromatic nitrogens is 8. The van der Waals surface area contributed by atoms with Crippen molar-refractivity contribution in [3.05, 3.63) is 48.7 Å². The molecule has 12 heteroatoms. The Labute approximate surface area is 168 Å². The van der Waals surface area contributed by atoms with Crippen LogP contribution < -0.4 is 4.90 Å². The summed E-state index contributed by atoms with van der Waals surface area (Å²) < 4.78 is 40.5. The molecule has 1 aliphatic rings. The molecule has 0 saturated carbocycles. The molecule has 0 radical (unpaired) electrons. The quantitative estimate of drug-likeness (QED) is 0.549. The van der Waals surface area contributed by atoms with Crippen LogP contribution in [0.5, 0.6) is 0 Å². The fourth-order valence-corrected chi connectivity index (χ4v) is 3.67. The SMILES string of the molecule is FC(F)(F)c1cn2c(-c3nccc(N4CCCC(c5nnc[nH]5)C4)n3)cnc2cn1. The zero-order valence-electron chi connectivity index (χ0n) is 15.6. The van der Waals surface area contributed by atoms with E-state index in [0.29, 0.717) is 23.9 Å². The molecule has 0 amide bonds. The van der Waals surface area contributed by atoms with Crippen LogP contribution in [0.15, 0.2) is 37.2 Å². The first kappa shape index (κ1) is 18.5. The minimum Gasteiger partial charge on any atom is -0.356 e. The highest BCUT2D eigenvalue weighted by Crippen LogP contribution is 2.30. The van der Waals surface area contributed by atoms with E-state index >= 15 is 0 Å². The predicted octanol–water partition coefficient (Wildman–Crippen LogP) is 2.71. The third kappa shape index (κ3) is 3.33. The zero-order valence-corrected chi connectivity index (χ0v) is 15.6. The first-order valence-corrected chi connectivity index (χ1v) is 9.33. The number of anilines is 1. The van der Waals surface area contributed by atoms with Crippen molar-refractivity contribution >= 4 is 11.5 Å². The van der Waals surface area contributed by atoms with Crippen molar-refractivity contribution in [1.82, 2.24) is 39.5 Å². The molecule has 9 nitrogen and oxygen atoms in total. The predicted molar refractivity (Wildman–Crippen MR) is 99.6 cm³/mol. The summed E-state index contributed by atoms with van der Waals surface area (Å²) in [6.45, 7) is 1.53. The molecule has 4 aromatic heterocycles. The third-order valence-electron chi connectivity index (χ3n) is 5.12. The van der Waals surface area contributed by atoms with Crippen LogP contribution in [0.4, 0.5) is 19.0 Å². The number of nitrogens with zero attached hydrogens (tertiary/aromatic N) is 8. The molecule has 1 N–H and O–H groups in total. The lowest BCUT2D eigenvalue weighted by Gasteiger charge is -2.32. The Balaban J connectivity index is 1.48. The summed E-state index contributed by atoms with van der Waals surface area (Å²) in [5.41, 5.74) is -0.352. The van der Waals surface area contributed by atoms with Gasteiger partial charge in [0.15, 0.2) is 17.2 Å². The van der Waals surface area contributed by atoms with E-state index in [-0.39, 0.29) is 11.6 Å². The molecular weight excluding hydrogens is 399 g/mol. The second kappa shape index (κ2) is 7.04. The molecule has 0 aliphatic carbocycles. The molecule has 0 bridgehead atoms. The lowest BCUT2D eigenvalue weighted by molar-refractivity contribution is -0.141.